The summed E-state index contributed by atoms with van der Waals surface area (Å²) in [7, 11) is 0. The molecule has 1 aliphatic rings. The van der Waals surface area contributed by atoms with Crippen LogP contribution in [0.3, 0.4) is 0 Å². The van der Waals surface area contributed by atoms with E-state index in [0.717, 1.165) is 35.9 Å². The maximum absolute atomic E-state index is 12.8. The summed E-state index contributed by atoms with van der Waals surface area (Å²) >= 11 is 0. The standard InChI is InChI=1S/C21H25N5O2/c1-3-15(12-26-21(28)16-7-5-4-6-14(16)11-22-26)23-20(27)19-17-10-13(2)8-9-18(17)24-25-19/h4-7,11,13,15H,3,8-10,12H2,1-2H3,(H,23,27)(H,24,25)/t13-,15+/m1/s1. The van der Waals surface area contributed by atoms with Gasteiger partial charge in [-0.2, -0.15) is 10.2 Å². The van der Waals surface area contributed by atoms with Gasteiger partial charge in [0.1, 0.15) is 0 Å². The van der Waals surface area contributed by atoms with Crippen LogP contribution in [0.25, 0.3) is 10.8 Å². The fourth-order valence-electron chi connectivity index (χ4n) is 3.85. The number of amides is 1. The number of rotatable bonds is 5. The molecule has 1 amide bonds. The lowest BCUT2D eigenvalue weighted by molar-refractivity contribution is 0.0924. The molecule has 2 atom stereocenters. The molecule has 1 aromatic carbocycles. The summed E-state index contributed by atoms with van der Waals surface area (Å²) in [6, 6.07) is 7.19. The van der Waals surface area contributed by atoms with E-state index < -0.39 is 0 Å². The average Bonchev–Trinajstić information content (AvgIpc) is 3.12. The lowest BCUT2D eigenvalue weighted by Crippen LogP contribution is -2.41. The molecule has 2 N–H and O–H groups in total. The zero-order valence-corrected chi connectivity index (χ0v) is 16.2. The largest absolute Gasteiger partial charge is 0.346 e. The molecule has 0 bridgehead atoms. The van der Waals surface area contributed by atoms with Crippen molar-refractivity contribution in [2.24, 2.45) is 5.92 Å². The van der Waals surface area contributed by atoms with Gasteiger partial charge in [0.2, 0.25) is 0 Å². The van der Waals surface area contributed by atoms with Gasteiger partial charge in [0.05, 0.1) is 18.1 Å². The molecule has 28 heavy (non-hydrogen) atoms. The van der Waals surface area contributed by atoms with Crippen LogP contribution in [-0.2, 0) is 19.4 Å². The molecular weight excluding hydrogens is 354 g/mol. The van der Waals surface area contributed by atoms with Crippen LogP contribution in [0.1, 0.15) is 48.4 Å². The van der Waals surface area contributed by atoms with E-state index in [4.69, 9.17) is 0 Å². The van der Waals surface area contributed by atoms with Gasteiger partial charge in [-0.05, 0) is 37.7 Å². The number of aromatic nitrogens is 4. The maximum atomic E-state index is 12.8. The second-order valence-electron chi connectivity index (χ2n) is 7.68. The minimum absolute atomic E-state index is 0.142. The van der Waals surface area contributed by atoms with Crippen LogP contribution in [-0.4, -0.2) is 31.9 Å². The number of hydrogen-bond acceptors (Lipinski definition) is 4. The first-order chi connectivity index (χ1) is 13.6. The lowest BCUT2D eigenvalue weighted by Gasteiger charge is -2.20. The number of benzene rings is 1. The summed E-state index contributed by atoms with van der Waals surface area (Å²) in [5, 5.41) is 16.0. The van der Waals surface area contributed by atoms with Crippen LogP contribution in [0.15, 0.2) is 35.3 Å². The SMILES string of the molecule is CC[C@@H](Cn1ncc2ccccc2c1=O)NC(=O)c1n[nH]c2c1C[C@H](C)CC2. The van der Waals surface area contributed by atoms with Gasteiger partial charge in [-0.1, -0.05) is 32.0 Å². The number of hydrogen-bond donors (Lipinski definition) is 2. The van der Waals surface area contributed by atoms with E-state index in [-0.39, 0.29) is 17.5 Å². The molecule has 7 nitrogen and oxygen atoms in total. The Labute approximate surface area is 163 Å². The third kappa shape index (κ3) is 3.44. The van der Waals surface area contributed by atoms with Crippen molar-refractivity contribution in [3.63, 3.8) is 0 Å². The molecule has 0 unspecified atom stereocenters. The van der Waals surface area contributed by atoms with E-state index in [0.29, 0.717) is 30.0 Å². The normalized spacial score (nSPS) is 17.3. The highest BCUT2D eigenvalue weighted by Crippen LogP contribution is 2.26. The molecule has 2 aromatic heterocycles. The van der Waals surface area contributed by atoms with E-state index in [2.05, 4.69) is 27.5 Å². The number of fused-ring (bicyclic) bond motifs is 2. The molecule has 0 saturated heterocycles. The fraction of sp³-hybridized carbons (Fsp3) is 0.429. The van der Waals surface area contributed by atoms with Crippen molar-refractivity contribution in [2.45, 2.75) is 52.1 Å². The van der Waals surface area contributed by atoms with E-state index in [1.54, 1.807) is 12.3 Å². The first-order valence-corrected chi connectivity index (χ1v) is 9.88. The van der Waals surface area contributed by atoms with E-state index >= 15 is 0 Å². The van der Waals surface area contributed by atoms with Crippen molar-refractivity contribution in [1.29, 1.82) is 0 Å². The highest BCUT2D eigenvalue weighted by atomic mass is 16.2. The van der Waals surface area contributed by atoms with Crippen molar-refractivity contribution in [3.8, 4) is 0 Å². The quantitative estimate of drug-likeness (QED) is 0.712. The van der Waals surface area contributed by atoms with Gasteiger partial charge < -0.3 is 5.32 Å². The van der Waals surface area contributed by atoms with Crippen molar-refractivity contribution in [1.82, 2.24) is 25.3 Å². The van der Waals surface area contributed by atoms with Crippen LogP contribution >= 0.6 is 0 Å². The van der Waals surface area contributed by atoms with Gasteiger partial charge >= 0.3 is 0 Å². The highest BCUT2D eigenvalue weighted by molar-refractivity contribution is 5.94. The smallest absolute Gasteiger partial charge is 0.274 e. The van der Waals surface area contributed by atoms with Crippen LogP contribution < -0.4 is 10.9 Å². The molecule has 0 saturated carbocycles. The Morgan fingerprint density at radius 2 is 2.21 bits per heavy atom. The first-order valence-electron chi connectivity index (χ1n) is 9.88. The number of carbonyl (C=O) groups is 1. The van der Waals surface area contributed by atoms with Crippen molar-refractivity contribution in [3.05, 3.63) is 57.8 Å². The minimum atomic E-state index is -0.202. The summed E-state index contributed by atoms with van der Waals surface area (Å²) < 4.78 is 1.43. The summed E-state index contributed by atoms with van der Waals surface area (Å²) in [6.07, 6.45) is 5.30. The van der Waals surface area contributed by atoms with Crippen molar-refractivity contribution >= 4 is 16.7 Å². The van der Waals surface area contributed by atoms with Crippen molar-refractivity contribution in [2.75, 3.05) is 0 Å². The van der Waals surface area contributed by atoms with Crippen LogP contribution in [0.2, 0.25) is 0 Å². The monoisotopic (exact) mass is 379 g/mol. The average molecular weight is 379 g/mol. The number of nitrogens with one attached hydrogen (secondary N) is 2. The molecule has 4 rings (SSSR count). The molecule has 2 heterocycles. The molecule has 3 aromatic rings. The molecule has 0 fully saturated rings. The zero-order valence-electron chi connectivity index (χ0n) is 16.2. The van der Waals surface area contributed by atoms with Crippen molar-refractivity contribution < 1.29 is 4.79 Å². The van der Waals surface area contributed by atoms with Crippen LogP contribution in [0, 0.1) is 5.92 Å². The van der Waals surface area contributed by atoms with Crippen LogP contribution in [0.5, 0.6) is 0 Å². The topological polar surface area (TPSA) is 92.7 Å². The molecule has 0 radical (unpaired) electrons. The Bertz CT molecular complexity index is 1070. The van der Waals surface area contributed by atoms with Gasteiger partial charge in [0.25, 0.3) is 11.5 Å². The Balaban J connectivity index is 1.53. The molecule has 146 valence electrons. The maximum Gasteiger partial charge on any atom is 0.274 e. The summed E-state index contributed by atoms with van der Waals surface area (Å²) in [6.45, 7) is 4.51. The summed E-state index contributed by atoms with van der Waals surface area (Å²) in [5.74, 6) is 0.367. The predicted octanol–water partition coefficient (Wildman–Crippen LogP) is 2.45. The molecular formula is C21H25N5O2. The molecule has 1 aliphatic carbocycles. The second-order valence-corrected chi connectivity index (χ2v) is 7.68. The van der Waals surface area contributed by atoms with E-state index in [9.17, 15) is 9.59 Å². The Kier molecular flexibility index (Phi) is 4.98. The third-order valence-corrected chi connectivity index (χ3v) is 5.59. The number of aryl methyl sites for hydroxylation is 1. The lowest BCUT2D eigenvalue weighted by atomic mass is 9.87. The number of nitrogens with zero attached hydrogens (tertiary/aromatic N) is 3. The van der Waals surface area contributed by atoms with Gasteiger partial charge in [0.15, 0.2) is 5.69 Å². The van der Waals surface area contributed by atoms with E-state index in [1.807, 2.05) is 25.1 Å². The number of carbonyl (C=O) groups excluding carboxylic acids is 1. The molecule has 7 heteroatoms. The second kappa shape index (κ2) is 7.58. The van der Waals surface area contributed by atoms with Gasteiger partial charge in [-0.3, -0.25) is 14.7 Å². The van der Waals surface area contributed by atoms with Gasteiger partial charge in [0, 0.05) is 22.7 Å². The Hall–Kier alpha value is -2.96. The van der Waals surface area contributed by atoms with Gasteiger partial charge in [-0.25, -0.2) is 4.68 Å². The fourth-order valence-corrected chi connectivity index (χ4v) is 3.85. The first kappa shape index (κ1) is 18.4. The number of H-pyrrole nitrogens is 1. The number of aromatic amines is 1. The summed E-state index contributed by atoms with van der Waals surface area (Å²) in [5.41, 5.74) is 2.45. The summed E-state index contributed by atoms with van der Waals surface area (Å²) in [4.78, 5) is 25.5. The Morgan fingerprint density at radius 1 is 1.39 bits per heavy atom. The zero-order chi connectivity index (χ0) is 19.7. The molecule has 0 aliphatic heterocycles. The highest BCUT2D eigenvalue weighted by Gasteiger charge is 2.26. The van der Waals surface area contributed by atoms with Gasteiger partial charge in [-0.15, -0.1) is 0 Å². The third-order valence-electron chi connectivity index (χ3n) is 5.59. The van der Waals surface area contributed by atoms with E-state index in [1.165, 1.54) is 4.68 Å². The molecule has 0 spiro atoms. The Morgan fingerprint density at radius 3 is 3.04 bits per heavy atom. The van der Waals surface area contributed by atoms with Crippen LogP contribution in [0.4, 0.5) is 0 Å². The minimum Gasteiger partial charge on any atom is -0.346 e. The predicted molar refractivity (Wildman–Crippen MR) is 107 cm³/mol.